The van der Waals surface area contributed by atoms with E-state index in [0.29, 0.717) is 31.8 Å². The summed E-state index contributed by atoms with van der Waals surface area (Å²) in [4.78, 5) is 16.8. The molecule has 3 aliphatic rings. The summed E-state index contributed by atoms with van der Waals surface area (Å²) in [6.07, 6.45) is 2.39. The van der Waals surface area contributed by atoms with Crippen molar-refractivity contribution in [3.05, 3.63) is 35.4 Å². The average molecular weight is 272 g/mol. The predicted octanol–water partition coefficient (Wildman–Crippen LogP) is 1.74. The second-order valence-electron chi connectivity index (χ2n) is 5.90. The molecule has 106 valence electrons. The average Bonchev–Trinajstić information content (AvgIpc) is 3.04. The molecule has 4 nitrogen and oxygen atoms in total. The van der Waals surface area contributed by atoms with Crippen molar-refractivity contribution < 1.29 is 9.53 Å². The Morgan fingerprint density at radius 3 is 2.30 bits per heavy atom. The molecule has 2 saturated heterocycles. The number of carbonyl (C=O) groups is 1. The first kappa shape index (κ1) is 12.4. The number of ether oxygens (including phenoxy) is 1. The Morgan fingerprint density at radius 2 is 1.70 bits per heavy atom. The minimum atomic E-state index is 0.262. The number of benzene rings is 1. The van der Waals surface area contributed by atoms with E-state index in [9.17, 15) is 4.79 Å². The summed E-state index contributed by atoms with van der Waals surface area (Å²) < 4.78 is 5.32. The van der Waals surface area contributed by atoms with Crippen molar-refractivity contribution >= 4 is 5.91 Å². The van der Waals surface area contributed by atoms with Crippen LogP contribution in [0.1, 0.15) is 36.1 Å². The summed E-state index contributed by atoms with van der Waals surface area (Å²) in [5.74, 6) is 0.262. The fourth-order valence-corrected chi connectivity index (χ4v) is 3.94. The summed E-state index contributed by atoms with van der Waals surface area (Å²) in [6, 6.07) is 9.60. The van der Waals surface area contributed by atoms with E-state index in [2.05, 4.69) is 29.2 Å². The number of hydrogen-bond donors (Lipinski definition) is 0. The van der Waals surface area contributed by atoms with Crippen LogP contribution in [0.3, 0.4) is 0 Å². The minimum Gasteiger partial charge on any atom is -0.378 e. The molecular weight excluding hydrogens is 252 g/mol. The zero-order chi connectivity index (χ0) is 13.5. The fraction of sp³-hybridized carbons (Fsp3) is 0.562. The second-order valence-corrected chi connectivity index (χ2v) is 5.90. The van der Waals surface area contributed by atoms with E-state index < -0.39 is 0 Å². The van der Waals surface area contributed by atoms with E-state index in [1.54, 1.807) is 0 Å². The van der Waals surface area contributed by atoms with Gasteiger partial charge in [-0.2, -0.15) is 0 Å². The monoisotopic (exact) mass is 272 g/mol. The maximum Gasteiger partial charge on any atom is 0.236 e. The van der Waals surface area contributed by atoms with E-state index in [4.69, 9.17) is 4.74 Å². The molecule has 20 heavy (non-hydrogen) atoms. The highest BCUT2D eigenvalue weighted by molar-refractivity contribution is 5.78. The van der Waals surface area contributed by atoms with Crippen LogP contribution in [0, 0.1) is 0 Å². The molecule has 0 radical (unpaired) electrons. The molecule has 2 unspecified atom stereocenters. The summed E-state index contributed by atoms with van der Waals surface area (Å²) in [6.45, 7) is 3.41. The number of amides is 1. The van der Waals surface area contributed by atoms with E-state index in [0.717, 1.165) is 13.1 Å². The normalized spacial score (nSPS) is 28.7. The smallest absolute Gasteiger partial charge is 0.236 e. The van der Waals surface area contributed by atoms with Crippen molar-refractivity contribution in [3.8, 4) is 0 Å². The molecule has 1 aromatic rings. The van der Waals surface area contributed by atoms with Crippen LogP contribution in [0.15, 0.2) is 24.3 Å². The van der Waals surface area contributed by atoms with Gasteiger partial charge in [-0.1, -0.05) is 24.3 Å². The van der Waals surface area contributed by atoms with E-state index in [1.165, 1.54) is 24.0 Å². The number of hydrogen-bond acceptors (Lipinski definition) is 3. The lowest BCUT2D eigenvalue weighted by Gasteiger charge is -2.30. The molecule has 2 bridgehead atoms. The highest BCUT2D eigenvalue weighted by atomic mass is 16.5. The topological polar surface area (TPSA) is 32.8 Å². The summed E-state index contributed by atoms with van der Waals surface area (Å²) in [5, 5.41) is 0. The van der Waals surface area contributed by atoms with E-state index >= 15 is 0 Å². The zero-order valence-electron chi connectivity index (χ0n) is 11.6. The van der Waals surface area contributed by atoms with Crippen molar-refractivity contribution in [2.75, 3.05) is 32.8 Å². The highest BCUT2D eigenvalue weighted by Gasteiger charge is 2.44. The molecule has 2 atom stereocenters. The van der Waals surface area contributed by atoms with Crippen LogP contribution in [-0.4, -0.2) is 48.6 Å². The van der Waals surface area contributed by atoms with Crippen molar-refractivity contribution in [2.45, 2.75) is 24.9 Å². The van der Waals surface area contributed by atoms with Gasteiger partial charge in [-0.25, -0.2) is 0 Å². The summed E-state index contributed by atoms with van der Waals surface area (Å²) >= 11 is 0. The van der Waals surface area contributed by atoms with Crippen LogP contribution in [0.25, 0.3) is 0 Å². The predicted molar refractivity (Wildman–Crippen MR) is 75.3 cm³/mol. The lowest BCUT2D eigenvalue weighted by atomic mass is 9.92. The Hall–Kier alpha value is -1.39. The van der Waals surface area contributed by atoms with Crippen LogP contribution in [-0.2, 0) is 9.53 Å². The Bertz CT molecular complexity index is 494. The van der Waals surface area contributed by atoms with Crippen molar-refractivity contribution in [2.24, 2.45) is 0 Å². The van der Waals surface area contributed by atoms with Gasteiger partial charge in [0, 0.05) is 25.2 Å². The van der Waals surface area contributed by atoms with Gasteiger partial charge in [0.15, 0.2) is 0 Å². The lowest BCUT2D eigenvalue weighted by Crippen LogP contribution is -2.45. The van der Waals surface area contributed by atoms with Gasteiger partial charge >= 0.3 is 0 Å². The van der Waals surface area contributed by atoms with Crippen LogP contribution in [0.4, 0.5) is 0 Å². The molecule has 1 amide bonds. The van der Waals surface area contributed by atoms with Gasteiger partial charge in [0.05, 0.1) is 19.8 Å². The fourth-order valence-electron chi connectivity index (χ4n) is 3.94. The molecule has 2 fully saturated rings. The number of nitrogens with zero attached hydrogens (tertiary/aromatic N) is 2. The molecule has 3 heterocycles. The first-order valence-corrected chi connectivity index (χ1v) is 7.54. The SMILES string of the molecule is O=C(CN1C2CCC1c1ccccc12)N1CCOCC1. The largest absolute Gasteiger partial charge is 0.378 e. The van der Waals surface area contributed by atoms with Gasteiger partial charge in [0.1, 0.15) is 0 Å². The zero-order valence-corrected chi connectivity index (χ0v) is 11.6. The maximum absolute atomic E-state index is 12.5. The third-order valence-corrected chi connectivity index (χ3v) is 4.91. The third-order valence-electron chi connectivity index (χ3n) is 4.91. The minimum absolute atomic E-state index is 0.262. The molecule has 3 aliphatic heterocycles. The maximum atomic E-state index is 12.5. The highest BCUT2D eigenvalue weighted by Crippen LogP contribution is 2.52. The lowest BCUT2D eigenvalue weighted by molar-refractivity contribution is -0.137. The molecule has 0 spiro atoms. The summed E-state index contributed by atoms with van der Waals surface area (Å²) in [7, 11) is 0. The molecule has 1 aromatic carbocycles. The van der Waals surface area contributed by atoms with Crippen LogP contribution in [0.2, 0.25) is 0 Å². The van der Waals surface area contributed by atoms with Gasteiger partial charge in [-0.15, -0.1) is 0 Å². The summed E-state index contributed by atoms with van der Waals surface area (Å²) in [5.41, 5.74) is 2.89. The Kier molecular flexibility index (Phi) is 3.00. The quantitative estimate of drug-likeness (QED) is 0.822. The van der Waals surface area contributed by atoms with Gasteiger partial charge in [0.2, 0.25) is 5.91 Å². The van der Waals surface area contributed by atoms with Gasteiger partial charge in [-0.3, -0.25) is 9.69 Å². The number of morpholine rings is 1. The van der Waals surface area contributed by atoms with Gasteiger partial charge in [-0.05, 0) is 24.0 Å². The van der Waals surface area contributed by atoms with Gasteiger partial charge in [0.25, 0.3) is 0 Å². The number of rotatable bonds is 2. The number of fused-ring (bicyclic) bond motifs is 5. The Balaban J connectivity index is 1.50. The molecule has 0 N–H and O–H groups in total. The van der Waals surface area contributed by atoms with Crippen molar-refractivity contribution in [1.29, 1.82) is 0 Å². The molecule has 4 rings (SSSR count). The second kappa shape index (κ2) is 4.86. The Labute approximate surface area is 119 Å². The standard InChI is InChI=1S/C16H20N2O2/c19-16(17-7-9-20-10-8-17)11-18-14-5-6-15(18)13-4-2-1-3-12(13)14/h1-4,14-15H,5-11H2. The first-order chi connectivity index (χ1) is 9.84. The molecule has 0 saturated carbocycles. The Morgan fingerprint density at radius 1 is 1.10 bits per heavy atom. The third kappa shape index (κ3) is 1.86. The van der Waals surface area contributed by atoms with E-state index in [1.807, 2.05) is 4.90 Å². The number of carbonyl (C=O) groups excluding carboxylic acids is 1. The molecule has 0 aliphatic carbocycles. The van der Waals surface area contributed by atoms with Crippen LogP contribution < -0.4 is 0 Å². The molecule has 4 heteroatoms. The van der Waals surface area contributed by atoms with Crippen LogP contribution in [0.5, 0.6) is 0 Å². The van der Waals surface area contributed by atoms with Crippen LogP contribution >= 0.6 is 0 Å². The van der Waals surface area contributed by atoms with Crippen molar-refractivity contribution in [1.82, 2.24) is 9.80 Å². The van der Waals surface area contributed by atoms with Crippen molar-refractivity contribution in [3.63, 3.8) is 0 Å². The van der Waals surface area contributed by atoms with E-state index in [-0.39, 0.29) is 5.91 Å². The molecule has 0 aromatic heterocycles. The first-order valence-electron chi connectivity index (χ1n) is 7.54. The van der Waals surface area contributed by atoms with Gasteiger partial charge < -0.3 is 9.64 Å². The molecular formula is C16H20N2O2.